The maximum absolute atomic E-state index is 12.7. The Morgan fingerprint density at radius 2 is 1.34 bits per heavy atom. The molecule has 1 atom stereocenters. The summed E-state index contributed by atoms with van der Waals surface area (Å²) in [5.74, 6) is 0.628. The van der Waals surface area contributed by atoms with Gasteiger partial charge in [0.2, 0.25) is 0 Å². The fourth-order valence-corrected chi connectivity index (χ4v) is 4.32. The summed E-state index contributed by atoms with van der Waals surface area (Å²) in [6.45, 7) is 7.20. The van der Waals surface area contributed by atoms with Crippen molar-refractivity contribution in [2.24, 2.45) is 5.92 Å². The Kier molecular flexibility index (Phi) is 5.13. The average molecular weight is 430 g/mol. The normalized spacial score (nSPS) is 15.0. The number of hydrogen-bond donors (Lipinski definition) is 0. The summed E-state index contributed by atoms with van der Waals surface area (Å²) in [5, 5.41) is 0. The highest BCUT2D eigenvalue weighted by molar-refractivity contribution is 5.41. The van der Waals surface area contributed by atoms with Crippen molar-refractivity contribution in [1.29, 1.82) is 0 Å². The first-order valence-corrected chi connectivity index (χ1v) is 11.1. The summed E-state index contributed by atoms with van der Waals surface area (Å²) >= 11 is 0. The molecule has 164 valence electrons. The number of fused-ring (bicyclic) bond motifs is 2. The maximum atomic E-state index is 12.7. The van der Waals surface area contributed by atoms with Crippen molar-refractivity contribution >= 4 is 11.3 Å². The van der Waals surface area contributed by atoms with Crippen LogP contribution in [0.3, 0.4) is 0 Å². The van der Waals surface area contributed by atoms with Crippen LogP contribution in [0.15, 0.2) is 58.4 Å². The topological polar surface area (TPSA) is 72.0 Å². The quantitative estimate of drug-likeness (QED) is 0.471. The zero-order chi connectivity index (χ0) is 22.4. The van der Waals surface area contributed by atoms with Gasteiger partial charge in [-0.2, -0.15) is 0 Å². The molecule has 7 heteroatoms. The van der Waals surface area contributed by atoms with Crippen LogP contribution in [0, 0.1) is 19.8 Å². The van der Waals surface area contributed by atoms with Gasteiger partial charge in [-0.15, -0.1) is 0 Å². The second kappa shape index (κ2) is 7.98. The average Bonchev–Trinajstić information content (AvgIpc) is 3.59. The molecular weight excluding hydrogens is 402 g/mol. The van der Waals surface area contributed by atoms with Gasteiger partial charge in [-0.1, -0.05) is 12.1 Å². The van der Waals surface area contributed by atoms with Crippen molar-refractivity contribution in [2.45, 2.75) is 52.7 Å². The monoisotopic (exact) mass is 429 g/mol. The van der Waals surface area contributed by atoms with Crippen LogP contribution in [0.2, 0.25) is 0 Å². The molecule has 0 aliphatic heterocycles. The highest BCUT2D eigenvalue weighted by Gasteiger charge is 2.32. The van der Waals surface area contributed by atoms with E-state index in [4.69, 9.17) is 9.97 Å². The van der Waals surface area contributed by atoms with E-state index >= 15 is 0 Å². The number of aryl methyl sites for hydroxylation is 2. The molecule has 5 rings (SSSR count). The van der Waals surface area contributed by atoms with Crippen LogP contribution in [0.5, 0.6) is 0 Å². The number of pyridine rings is 2. The fraction of sp³-hybridized carbons (Fsp3) is 0.360. The van der Waals surface area contributed by atoms with E-state index in [-0.39, 0.29) is 11.1 Å². The van der Waals surface area contributed by atoms with Crippen molar-refractivity contribution in [3.05, 3.63) is 92.0 Å². The van der Waals surface area contributed by atoms with Crippen LogP contribution >= 0.6 is 0 Å². The molecule has 4 aromatic heterocycles. The van der Waals surface area contributed by atoms with E-state index in [2.05, 4.69) is 11.8 Å². The molecule has 0 spiro atoms. The molecule has 0 unspecified atom stereocenters. The lowest BCUT2D eigenvalue weighted by Gasteiger charge is -2.28. The van der Waals surface area contributed by atoms with E-state index in [1.54, 1.807) is 20.9 Å². The van der Waals surface area contributed by atoms with Gasteiger partial charge in [-0.05, 0) is 62.8 Å². The Balaban J connectivity index is 1.49. The molecule has 0 radical (unpaired) electrons. The molecule has 0 N–H and O–H groups in total. The summed E-state index contributed by atoms with van der Waals surface area (Å²) in [6.07, 6.45) is 6.04. The zero-order valence-electron chi connectivity index (χ0n) is 18.7. The Hall–Kier alpha value is -3.32. The fourth-order valence-electron chi connectivity index (χ4n) is 4.32. The highest BCUT2D eigenvalue weighted by atomic mass is 16.1. The first-order chi connectivity index (χ1) is 15.4. The molecule has 0 aromatic carbocycles. The van der Waals surface area contributed by atoms with Crippen molar-refractivity contribution < 1.29 is 0 Å². The lowest BCUT2D eigenvalue weighted by molar-refractivity contribution is 0.168. The number of rotatable bonds is 6. The molecule has 1 saturated carbocycles. The second-order valence-electron chi connectivity index (χ2n) is 9.02. The minimum absolute atomic E-state index is 0.0785. The first kappa shape index (κ1) is 20.6. The molecule has 1 aliphatic carbocycles. The number of aromatic nitrogens is 4. The zero-order valence-corrected chi connectivity index (χ0v) is 18.7. The van der Waals surface area contributed by atoms with Crippen molar-refractivity contribution in [1.82, 2.24) is 23.7 Å². The number of nitrogens with zero attached hydrogens (tertiary/aromatic N) is 5. The summed E-state index contributed by atoms with van der Waals surface area (Å²) in [7, 11) is 0. The summed E-state index contributed by atoms with van der Waals surface area (Å²) in [5.41, 5.74) is 4.64. The smallest absolute Gasteiger partial charge is 0.258 e. The van der Waals surface area contributed by atoms with Crippen LogP contribution in [0.4, 0.5) is 0 Å². The summed E-state index contributed by atoms with van der Waals surface area (Å²) in [6, 6.07) is 11.2. The van der Waals surface area contributed by atoms with E-state index in [9.17, 15) is 9.59 Å². The third kappa shape index (κ3) is 4.08. The molecule has 32 heavy (non-hydrogen) atoms. The van der Waals surface area contributed by atoms with Crippen molar-refractivity contribution in [2.75, 3.05) is 0 Å². The predicted octanol–water partition coefficient (Wildman–Crippen LogP) is 3.12. The minimum Gasteiger partial charge on any atom is -0.289 e. The highest BCUT2D eigenvalue weighted by Crippen LogP contribution is 2.36. The van der Waals surface area contributed by atoms with Crippen LogP contribution < -0.4 is 11.1 Å². The van der Waals surface area contributed by atoms with Gasteiger partial charge in [0.15, 0.2) is 0 Å². The Bertz CT molecular complexity index is 1330. The molecule has 4 aromatic rings. The minimum atomic E-state index is -0.0785. The van der Waals surface area contributed by atoms with Crippen molar-refractivity contribution in [3.63, 3.8) is 0 Å². The first-order valence-electron chi connectivity index (χ1n) is 11.1. The molecule has 4 heterocycles. The Labute approximate surface area is 186 Å². The Morgan fingerprint density at radius 3 is 1.78 bits per heavy atom. The predicted molar refractivity (Wildman–Crippen MR) is 124 cm³/mol. The molecule has 0 bridgehead atoms. The van der Waals surface area contributed by atoms with Gasteiger partial charge in [0, 0.05) is 43.7 Å². The molecule has 1 aliphatic rings. The summed E-state index contributed by atoms with van der Waals surface area (Å²) in [4.78, 5) is 37.1. The van der Waals surface area contributed by atoms with Crippen LogP contribution in [-0.2, 0) is 13.1 Å². The van der Waals surface area contributed by atoms with Crippen LogP contribution in [-0.4, -0.2) is 29.7 Å². The largest absolute Gasteiger partial charge is 0.289 e. The lowest BCUT2D eigenvalue weighted by atomic mass is 10.1. The molecule has 0 saturated heterocycles. The molecule has 0 amide bonds. The van der Waals surface area contributed by atoms with Crippen LogP contribution in [0.25, 0.3) is 11.3 Å². The maximum Gasteiger partial charge on any atom is 0.258 e. The van der Waals surface area contributed by atoms with E-state index in [0.717, 1.165) is 22.5 Å². The van der Waals surface area contributed by atoms with Gasteiger partial charge in [-0.25, -0.2) is 9.97 Å². The van der Waals surface area contributed by atoms with Crippen LogP contribution in [0.1, 0.15) is 42.3 Å². The third-order valence-corrected chi connectivity index (χ3v) is 6.33. The molecule has 1 fully saturated rings. The van der Waals surface area contributed by atoms with Crippen molar-refractivity contribution in [3.8, 4) is 0 Å². The van der Waals surface area contributed by atoms with Gasteiger partial charge in [0.25, 0.3) is 11.1 Å². The molecule has 7 nitrogen and oxygen atoms in total. The van der Waals surface area contributed by atoms with E-state index in [1.165, 1.54) is 12.8 Å². The number of hydrogen-bond acceptors (Lipinski definition) is 5. The third-order valence-electron chi connectivity index (χ3n) is 6.33. The van der Waals surface area contributed by atoms with Gasteiger partial charge in [0.05, 0.1) is 11.4 Å². The molecular formula is C25H27N5O2. The summed E-state index contributed by atoms with van der Waals surface area (Å²) < 4.78 is 3.17. The van der Waals surface area contributed by atoms with E-state index in [1.807, 2.05) is 50.5 Å². The second-order valence-corrected chi connectivity index (χ2v) is 9.02. The van der Waals surface area contributed by atoms with Gasteiger partial charge in [-0.3, -0.25) is 23.3 Å². The Morgan fingerprint density at radius 1 is 0.875 bits per heavy atom. The van der Waals surface area contributed by atoms with E-state index < -0.39 is 0 Å². The standard InChI is InChI=1S/C25H27N5O2/c1-16-4-8-22-26-20(10-24(31)29(22)12-16)14-28(18(3)19-6-7-19)15-21-11-25(32)30-13-17(2)5-9-23(30)27-21/h4-5,8-13,18-19H,6-7,14-15H2,1-3H3/t18-/m0/s1. The lowest BCUT2D eigenvalue weighted by Crippen LogP contribution is -2.35. The SMILES string of the molecule is Cc1ccc2nc(CN(Cc3cc(=O)n4cc(C)ccc4n3)[C@@H](C)C3CC3)cc(=O)n2c1. The van der Waals surface area contributed by atoms with Gasteiger partial charge >= 0.3 is 0 Å². The van der Waals surface area contributed by atoms with E-state index in [0.29, 0.717) is 36.3 Å². The van der Waals surface area contributed by atoms with Gasteiger partial charge in [0.1, 0.15) is 11.3 Å². The van der Waals surface area contributed by atoms with Gasteiger partial charge < -0.3 is 0 Å².